The summed E-state index contributed by atoms with van der Waals surface area (Å²) in [5.41, 5.74) is 3.56. The van der Waals surface area contributed by atoms with Crippen LogP contribution in [-0.2, 0) is 9.59 Å². The maximum Gasteiger partial charge on any atom is 0.264 e. The minimum absolute atomic E-state index is 0.122. The van der Waals surface area contributed by atoms with Gasteiger partial charge in [-0.15, -0.1) is 0 Å². The van der Waals surface area contributed by atoms with Crippen LogP contribution >= 0.6 is 11.8 Å². The van der Waals surface area contributed by atoms with Gasteiger partial charge >= 0.3 is 0 Å². The van der Waals surface area contributed by atoms with Crippen LogP contribution in [0.25, 0.3) is 6.08 Å². The lowest BCUT2D eigenvalue weighted by Crippen LogP contribution is -2.19. The second-order valence-corrected chi connectivity index (χ2v) is 6.65. The molecule has 1 fully saturated rings. The van der Waals surface area contributed by atoms with E-state index in [4.69, 9.17) is 0 Å². The summed E-state index contributed by atoms with van der Waals surface area (Å²) >= 11 is 1.31. The van der Waals surface area contributed by atoms with Crippen LogP contribution in [0.1, 0.15) is 18.1 Å². The molecule has 0 saturated carbocycles. The van der Waals surface area contributed by atoms with Crippen LogP contribution in [0.2, 0.25) is 0 Å². The molecule has 0 radical (unpaired) electrons. The number of amidine groups is 1. The van der Waals surface area contributed by atoms with E-state index in [1.54, 1.807) is 24.3 Å². The van der Waals surface area contributed by atoms with Crippen molar-refractivity contribution < 1.29 is 9.59 Å². The number of carbonyl (C=O) groups excluding carboxylic acids is 2. The summed E-state index contributed by atoms with van der Waals surface area (Å²) in [7, 11) is 0. The van der Waals surface area contributed by atoms with Crippen LogP contribution < -0.4 is 10.6 Å². The third kappa shape index (κ3) is 4.58. The average Bonchev–Trinajstić information content (AvgIpc) is 2.90. The summed E-state index contributed by atoms with van der Waals surface area (Å²) in [6.07, 6.45) is 1.85. The fourth-order valence-electron chi connectivity index (χ4n) is 2.23. The molecule has 2 amide bonds. The quantitative estimate of drug-likeness (QED) is 0.825. The number of hydrogen-bond acceptors (Lipinski definition) is 4. The summed E-state index contributed by atoms with van der Waals surface area (Å²) in [5.74, 6) is -0.275. The highest BCUT2D eigenvalue weighted by molar-refractivity contribution is 8.18. The van der Waals surface area contributed by atoms with Gasteiger partial charge in [0.2, 0.25) is 5.91 Å². The van der Waals surface area contributed by atoms with Gasteiger partial charge in [-0.05, 0) is 54.6 Å². The lowest BCUT2D eigenvalue weighted by molar-refractivity contribution is -0.115. The topological polar surface area (TPSA) is 70.6 Å². The van der Waals surface area contributed by atoms with E-state index in [9.17, 15) is 9.59 Å². The number of aliphatic imine (C=N–C) groups is 1. The first-order valence-electron chi connectivity index (χ1n) is 7.73. The Morgan fingerprint density at radius 2 is 1.80 bits per heavy atom. The molecule has 3 rings (SSSR count). The Morgan fingerprint density at radius 1 is 1.12 bits per heavy atom. The first kappa shape index (κ1) is 17.0. The molecule has 0 spiro atoms. The number of hydrogen-bond donors (Lipinski definition) is 2. The second kappa shape index (κ2) is 7.36. The Labute approximate surface area is 150 Å². The number of benzene rings is 2. The van der Waals surface area contributed by atoms with Gasteiger partial charge in [0, 0.05) is 12.6 Å². The summed E-state index contributed by atoms with van der Waals surface area (Å²) in [5, 5.41) is 6.00. The smallest absolute Gasteiger partial charge is 0.264 e. The highest BCUT2D eigenvalue weighted by Gasteiger charge is 2.23. The fraction of sp³-hybridized carbons (Fsp3) is 0.105. The predicted octanol–water partition coefficient (Wildman–Crippen LogP) is 3.85. The van der Waals surface area contributed by atoms with E-state index < -0.39 is 0 Å². The van der Waals surface area contributed by atoms with Crippen molar-refractivity contribution in [3.05, 3.63) is 64.6 Å². The minimum Gasteiger partial charge on any atom is -0.326 e. The summed E-state index contributed by atoms with van der Waals surface area (Å²) < 4.78 is 0. The molecule has 5 nitrogen and oxygen atoms in total. The molecule has 1 heterocycles. The number of amides is 2. The normalized spacial score (nSPS) is 17.0. The van der Waals surface area contributed by atoms with E-state index >= 15 is 0 Å². The molecule has 25 heavy (non-hydrogen) atoms. The second-order valence-electron chi connectivity index (χ2n) is 5.62. The molecule has 1 aliphatic heterocycles. The molecule has 2 aromatic carbocycles. The average molecular weight is 351 g/mol. The van der Waals surface area contributed by atoms with Gasteiger partial charge < -0.3 is 10.6 Å². The number of nitrogens with zero attached hydrogens (tertiary/aromatic N) is 1. The Hall–Kier alpha value is -2.86. The van der Waals surface area contributed by atoms with Gasteiger partial charge in [-0.1, -0.05) is 29.8 Å². The van der Waals surface area contributed by atoms with E-state index in [1.807, 2.05) is 37.3 Å². The van der Waals surface area contributed by atoms with Gasteiger partial charge in [-0.2, -0.15) is 0 Å². The zero-order valence-electron chi connectivity index (χ0n) is 13.9. The van der Waals surface area contributed by atoms with Crippen LogP contribution in [-0.4, -0.2) is 17.0 Å². The zero-order valence-corrected chi connectivity index (χ0v) is 14.7. The molecular weight excluding hydrogens is 334 g/mol. The number of aryl methyl sites for hydroxylation is 1. The molecular formula is C19H17N3O2S. The monoisotopic (exact) mass is 351 g/mol. The maximum absolute atomic E-state index is 12.1. The Morgan fingerprint density at radius 3 is 2.44 bits per heavy atom. The molecule has 0 bridgehead atoms. The first-order chi connectivity index (χ1) is 12.0. The Kier molecular flexibility index (Phi) is 5.00. The Bertz CT molecular complexity index is 869. The number of carbonyl (C=O) groups is 2. The van der Waals surface area contributed by atoms with Crippen LogP contribution in [0.5, 0.6) is 0 Å². The predicted molar refractivity (Wildman–Crippen MR) is 103 cm³/mol. The largest absolute Gasteiger partial charge is 0.326 e. The van der Waals surface area contributed by atoms with E-state index in [0.717, 1.165) is 5.56 Å². The number of anilines is 1. The van der Waals surface area contributed by atoms with Crippen molar-refractivity contribution in [3.8, 4) is 0 Å². The van der Waals surface area contributed by atoms with Crippen molar-refractivity contribution in [2.75, 3.05) is 5.32 Å². The van der Waals surface area contributed by atoms with Gasteiger partial charge in [0.05, 0.1) is 10.6 Å². The number of thioether (sulfide) groups is 1. The lowest BCUT2D eigenvalue weighted by Gasteiger charge is -2.02. The SMILES string of the molecule is CC(=O)Nc1ccc(N=C2NC(=O)/C(=C/c3ccc(C)cc3)S2)cc1. The highest BCUT2D eigenvalue weighted by atomic mass is 32.2. The summed E-state index contributed by atoms with van der Waals surface area (Å²) in [4.78, 5) is 28.2. The third-order valence-corrected chi connectivity index (χ3v) is 4.35. The van der Waals surface area contributed by atoms with Crippen molar-refractivity contribution in [2.24, 2.45) is 4.99 Å². The molecule has 2 N–H and O–H groups in total. The number of nitrogens with one attached hydrogen (secondary N) is 2. The van der Waals surface area contributed by atoms with Gasteiger partial charge in [0.1, 0.15) is 0 Å². The lowest BCUT2D eigenvalue weighted by atomic mass is 10.1. The molecule has 1 saturated heterocycles. The first-order valence-corrected chi connectivity index (χ1v) is 8.55. The van der Waals surface area contributed by atoms with Crippen LogP contribution in [0.15, 0.2) is 58.4 Å². The van der Waals surface area contributed by atoms with Crippen molar-refractivity contribution in [1.29, 1.82) is 0 Å². The number of rotatable bonds is 3. The van der Waals surface area contributed by atoms with E-state index in [-0.39, 0.29) is 11.8 Å². The van der Waals surface area contributed by atoms with Crippen LogP contribution in [0.3, 0.4) is 0 Å². The van der Waals surface area contributed by atoms with E-state index in [2.05, 4.69) is 15.6 Å². The molecule has 0 aromatic heterocycles. The minimum atomic E-state index is -0.154. The van der Waals surface area contributed by atoms with Crippen LogP contribution in [0.4, 0.5) is 11.4 Å². The van der Waals surface area contributed by atoms with Gasteiger partial charge in [-0.25, -0.2) is 4.99 Å². The van der Waals surface area contributed by atoms with Crippen molar-refractivity contribution >= 4 is 46.2 Å². The van der Waals surface area contributed by atoms with Gasteiger partial charge in [-0.3, -0.25) is 9.59 Å². The zero-order chi connectivity index (χ0) is 17.8. The van der Waals surface area contributed by atoms with Gasteiger partial charge in [0.15, 0.2) is 5.17 Å². The molecule has 6 heteroatoms. The highest BCUT2D eigenvalue weighted by Crippen LogP contribution is 2.28. The molecule has 0 unspecified atom stereocenters. The summed E-state index contributed by atoms with van der Waals surface area (Å²) in [6.45, 7) is 3.48. The molecule has 126 valence electrons. The molecule has 2 aromatic rings. The fourth-order valence-corrected chi connectivity index (χ4v) is 3.08. The van der Waals surface area contributed by atoms with Crippen molar-refractivity contribution in [3.63, 3.8) is 0 Å². The maximum atomic E-state index is 12.1. The van der Waals surface area contributed by atoms with Crippen molar-refractivity contribution in [2.45, 2.75) is 13.8 Å². The van der Waals surface area contributed by atoms with E-state index in [1.165, 1.54) is 24.2 Å². The van der Waals surface area contributed by atoms with Crippen LogP contribution in [0, 0.1) is 6.92 Å². The third-order valence-electron chi connectivity index (χ3n) is 3.44. The summed E-state index contributed by atoms with van der Waals surface area (Å²) in [6, 6.07) is 15.1. The Balaban J connectivity index is 1.74. The van der Waals surface area contributed by atoms with Crippen molar-refractivity contribution in [1.82, 2.24) is 5.32 Å². The van der Waals surface area contributed by atoms with E-state index in [0.29, 0.717) is 21.4 Å². The molecule has 1 aliphatic rings. The van der Waals surface area contributed by atoms with Gasteiger partial charge in [0.25, 0.3) is 5.91 Å². The standard InChI is InChI=1S/C19H17N3O2S/c1-12-3-5-14(6-4-12)11-17-18(24)22-19(25-17)21-16-9-7-15(8-10-16)20-13(2)23/h3-11H,1-2H3,(H,20,23)(H,21,22,24)/b17-11-. The molecule has 0 aliphatic carbocycles. The molecule has 0 atom stereocenters.